The predicted molar refractivity (Wildman–Crippen MR) is 126 cm³/mol. The SMILES string of the molecule is COc1ccc(S(=O)(=O)N2CCCCCC2)cc1NC(=O)CN1CCCc2ccccc21. The molecule has 1 fully saturated rings. The summed E-state index contributed by atoms with van der Waals surface area (Å²) in [6.45, 7) is 2.07. The first-order valence-corrected chi connectivity index (χ1v) is 12.7. The maximum absolute atomic E-state index is 13.2. The second kappa shape index (κ2) is 9.92. The van der Waals surface area contributed by atoms with E-state index in [-0.39, 0.29) is 17.3 Å². The van der Waals surface area contributed by atoms with Gasteiger partial charge in [0.15, 0.2) is 0 Å². The van der Waals surface area contributed by atoms with Crippen LogP contribution in [0.5, 0.6) is 5.75 Å². The van der Waals surface area contributed by atoms with Crippen LogP contribution in [0.3, 0.4) is 0 Å². The number of nitrogens with one attached hydrogen (secondary N) is 1. The fraction of sp³-hybridized carbons (Fsp3) is 0.458. The maximum Gasteiger partial charge on any atom is 0.243 e. The Kier molecular flexibility index (Phi) is 7.01. The molecule has 0 atom stereocenters. The van der Waals surface area contributed by atoms with Crippen LogP contribution < -0.4 is 15.0 Å². The van der Waals surface area contributed by atoms with Gasteiger partial charge in [0.2, 0.25) is 15.9 Å². The van der Waals surface area contributed by atoms with Crippen LogP contribution in [0.1, 0.15) is 37.7 Å². The van der Waals surface area contributed by atoms with Gasteiger partial charge in [-0.1, -0.05) is 31.0 Å². The minimum absolute atomic E-state index is 0.179. The van der Waals surface area contributed by atoms with E-state index in [9.17, 15) is 13.2 Å². The summed E-state index contributed by atoms with van der Waals surface area (Å²) in [5, 5.41) is 2.88. The van der Waals surface area contributed by atoms with Gasteiger partial charge in [0, 0.05) is 25.3 Å². The van der Waals surface area contributed by atoms with Crippen molar-refractivity contribution in [3.05, 3.63) is 48.0 Å². The fourth-order valence-corrected chi connectivity index (χ4v) is 6.06. The third kappa shape index (κ3) is 4.91. The molecule has 2 aromatic rings. The number of carbonyl (C=O) groups excluding carboxylic acids is 1. The molecule has 1 saturated heterocycles. The lowest BCUT2D eigenvalue weighted by Crippen LogP contribution is -2.36. The van der Waals surface area contributed by atoms with E-state index in [1.807, 2.05) is 18.2 Å². The number of amides is 1. The van der Waals surface area contributed by atoms with Gasteiger partial charge in [-0.2, -0.15) is 4.31 Å². The molecule has 0 radical (unpaired) electrons. The molecule has 2 aliphatic rings. The van der Waals surface area contributed by atoms with Crippen LogP contribution in [0, 0.1) is 0 Å². The highest BCUT2D eigenvalue weighted by molar-refractivity contribution is 7.89. The van der Waals surface area contributed by atoms with Crippen LogP contribution in [0.15, 0.2) is 47.4 Å². The Morgan fingerprint density at radius 1 is 1.00 bits per heavy atom. The van der Waals surface area contributed by atoms with Crippen LogP contribution in [0.4, 0.5) is 11.4 Å². The summed E-state index contributed by atoms with van der Waals surface area (Å²) in [5.74, 6) is 0.233. The summed E-state index contributed by atoms with van der Waals surface area (Å²) >= 11 is 0. The molecule has 8 heteroatoms. The fourth-order valence-electron chi connectivity index (χ4n) is 4.52. The van der Waals surface area contributed by atoms with E-state index in [1.165, 1.54) is 18.7 Å². The van der Waals surface area contributed by atoms with Gasteiger partial charge in [-0.25, -0.2) is 8.42 Å². The average Bonchev–Trinajstić information content (AvgIpc) is 3.09. The van der Waals surface area contributed by atoms with E-state index in [4.69, 9.17) is 4.74 Å². The highest BCUT2D eigenvalue weighted by Gasteiger charge is 2.26. The summed E-state index contributed by atoms with van der Waals surface area (Å²) in [6.07, 6.45) is 5.85. The summed E-state index contributed by atoms with van der Waals surface area (Å²) in [6, 6.07) is 12.8. The predicted octanol–water partition coefficient (Wildman–Crippen LogP) is 3.65. The molecular formula is C24H31N3O4S. The number of rotatable bonds is 6. The number of methoxy groups -OCH3 is 1. The second-order valence-corrected chi connectivity index (χ2v) is 10.3. The van der Waals surface area contributed by atoms with Crippen molar-refractivity contribution in [2.24, 2.45) is 0 Å². The van der Waals surface area contributed by atoms with Crippen molar-refractivity contribution in [2.75, 3.05) is 43.5 Å². The minimum Gasteiger partial charge on any atom is -0.495 e. The van der Waals surface area contributed by atoms with Gasteiger partial charge in [-0.05, 0) is 55.5 Å². The lowest BCUT2D eigenvalue weighted by atomic mass is 10.0. The quantitative estimate of drug-likeness (QED) is 0.716. The van der Waals surface area contributed by atoms with E-state index in [0.29, 0.717) is 24.5 Å². The van der Waals surface area contributed by atoms with Gasteiger partial charge in [0.1, 0.15) is 5.75 Å². The zero-order valence-electron chi connectivity index (χ0n) is 18.5. The molecule has 0 spiro atoms. The molecule has 2 aliphatic heterocycles. The van der Waals surface area contributed by atoms with E-state index in [2.05, 4.69) is 16.3 Å². The summed E-state index contributed by atoms with van der Waals surface area (Å²) in [5.41, 5.74) is 2.70. The van der Waals surface area contributed by atoms with Gasteiger partial charge in [-0.3, -0.25) is 4.79 Å². The zero-order valence-corrected chi connectivity index (χ0v) is 19.4. The molecule has 0 unspecified atom stereocenters. The number of carbonyl (C=O) groups is 1. The van der Waals surface area contributed by atoms with Gasteiger partial charge in [0.25, 0.3) is 0 Å². The molecule has 172 valence electrons. The molecule has 2 aromatic carbocycles. The molecule has 4 rings (SSSR count). The standard InChI is InChI=1S/C24H31N3O4S/c1-31-23-13-12-20(32(29,30)27-15-6-2-3-7-16-27)17-21(23)25-24(28)18-26-14-8-10-19-9-4-5-11-22(19)26/h4-5,9,11-13,17H,2-3,6-8,10,14-16,18H2,1H3,(H,25,28). The molecule has 0 saturated carbocycles. The molecule has 0 aromatic heterocycles. The smallest absolute Gasteiger partial charge is 0.243 e. The first-order chi connectivity index (χ1) is 15.5. The molecule has 1 amide bonds. The van der Waals surface area contributed by atoms with Crippen molar-refractivity contribution in [3.8, 4) is 5.75 Å². The maximum atomic E-state index is 13.2. The lowest BCUT2D eigenvalue weighted by Gasteiger charge is -2.30. The summed E-state index contributed by atoms with van der Waals surface area (Å²) in [7, 11) is -2.11. The largest absolute Gasteiger partial charge is 0.495 e. The first kappa shape index (κ1) is 22.6. The zero-order chi connectivity index (χ0) is 22.6. The highest BCUT2D eigenvalue weighted by Crippen LogP contribution is 2.31. The number of para-hydroxylation sites is 1. The Bertz CT molecular complexity index is 1060. The van der Waals surface area contributed by atoms with Crippen molar-refractivity contribution in [1.82, 2.24) is 4.31 Å². The van der Waals surface area contributed by atoms with Crippen LogP contribution in [0.25, 0.3) is 0 Å². The lowest BCUT2D eigenvalue weighted by molar-refractivity contribution is -0.115. The molecule has 2 heterocycles. The Morgan fingerprint density at radius 2 is 1.75 bits per heavy atom. The third-order valence-electron chi connectivity index (χ3n) is 6.19. The first-order valence-electron chi connectivity index (χ1n) is 11.3. The minimum atomic E-state index is -3.62. The monoisotopic (exact) mass is 457 g/mol. The van der Waals surface area contributed by atoms with Crippen molar-refractivity contribution < 1.29 is 17.9 Å². The average molecular weight is 458 g/mol. The van der Waals surface area contributed by atoms with Crippen molar-refractivity contribution >= 4 is 27.3 Å². The van der Waals surface area contributed by atoms with Gasteiger partial charge >= 0.3 is 0 Å². The van der Waals surface area contributed by atoms with Gasteiger partial charge in [-0.15, -0.1) is 0 Å². The third-order valence-corrected chi connectivity index (χ3v) is 8.08. The molecule has 0 aliphatic carbocycles. The van der Waals surface area contributed by atoms with E-state index in [0.717, 1.165) is 50.8 Å². The Hall–Kier alpha value is -2.58. The molecule has 1 N–H and O–H groups in total. The van der Waals surface area contributed by atoms with Crippen LogP contribution >= 0.6 is 0 Å². The molecular weight excluding hydrogens is 426 g/mol. The van der Waals surface area contributed by atoms with Crippen LogP contribution in [-0.4, -0.2) is 51.9 Å². The Balaban J connectivity index is 1.52. The van der Waals surface area contributed by atoms with Crippen molar-refractivity contribution in [3.63, 3.8) is 0 Å². The molecule has 0 bridgehead atoms. The van der Waals surface area contributed by atoms with Crippen molar-refractivity contribution in [2.45, 2.75) is 43.4 Å². The molecule has 32 heavy (non-hydrogen) atoms. The second-order valence-electron chi connectivity index (χ2n) is 8.38. The number of ether oxygens (including phenoxy) is 1. The number of benzene rings is 2. The summed E-state index contributed by atoms with van der Waals surface area (Å²) in [4.78, 5) is 15.1. The number of aryl methyl sites for hydroxylation is 1. The number of hydrogen-bond acceptors (Lipinski definition) is 5. The Morgan fingerprint density at radius 3 is 2.50 bits per heavy atom. The van der Waals surface area contributed by atoms with E-state index < -0.39 is 10.0 Å². The topological polar surface area (TPSA) is 79.0 Å². The highest BCUT2D eigenvalue weighted by atomic mass is 32.2. The number of nitrogens with zero attached hydrogens (tertiary/aromatic N) is 2. The van der Waals surface area contributed by atoms with Crippen molar-refractivity contribution in [1.29, 1.82) is 0 Å². The normalized spacial score (nSPS) is 17.3. The van der Waals surface area contributed by atoms with Gasteiger partial charge < -0.3 is 15.0 Å². The number of hydrogen-bond donors (Lipinski definition) is 1. The van der Waals surface area contributed by atoms with E-state index in [1.54, 1.807) is 16.4 Å². The summed E-state index contributed by atoms with van der Waals surface area (Å²) < 4.78 is 33.3. The van der Waals surface area contributed by atoms with E-state index >= 15 is 0 Å². The number of sulfonamides is 1. The van der Waals surface area contributed by atoms with Crippen LogP contribution in [-0.2, 0) is 21.2 Å². The number of fused-ring (bicyclic) bond motifs is 1. The Labute approximate surface area is 190 Å². The van der Waals surface area contributed by atoms with Crippen LogP contribution in [0.2, 0.25) is 0 Å². The number of anilines is 2. The molecule has 7 nitrogen and oxygen atoms in total. The van der Waals surface area contributed by atoms with Gasteiger partial charge in [0.05, 0.1) is 24.2 Å².